The minimum atomic E-state index is 0.551. The molecule has 0 saturated heterocycles. The van der Waals surface area contributed by atoms with Gasteiger partial charge < -0.3 is 5.32 Å². The van der Waals surface area contributed by atoms with Crippen molar-refractivity contribution in [2.75, 3.05) is 0 Å². The maximum atomic E-state index is 3.76. The van der Waals surface area contributed by atoms with E-state index in [2.05, 4.69) is 43.8 Å². The molecule has 1 fully saturated rings. The summed E-state index contributed by atoms with van der Waals surface area (Å²) < 4.78 is 0. The molecule has 0 aromatic carbocycles. The van der Waals surface area contributed by atoms with Gasteiger partial charge in [-0.05, 0) is 59.4 Å². The van der Waals surface area contributed by atoms with Crippen LogP contribution in [0.15, 0.2) is 10.8 Å². The van der Waals surface area contributed by atoms with Crippen molar-refractivity contribution < 1.29 is 0 Å². The minimum absolute atomic E-state index is 0.551. The molecule has 1 N–H and O–H groups in total. The Morgan fingerprint density at radius 1 is 1.41 bits per heavy atom. The van der Waals surface area contributed by atoms with E-state index in [1.54, 1.807) is 0 Å². The van der Waals surface area contributed by atoms with Crippen molar-refractivity contribution in [3.05, 3.63) is 21.9 Å². The fourth-order valence-corrected chi connectivity index (χ4v) is 3.92. The van der Waals surface area contributed by atoms with E-state index in [1.807, 2.05) is 11.3 Å². The summed E-state index contributed by atoms with van der Waals surface area (Å²) >= 11 is 1.81. The second-order valence-electron chi connectivity index (χ2n) is 6.45. The number of rotatable bonds is 3. The zero-order chi connectivity index (χ0) is 12.5. The van der Waals surface area contributed by atoms with Crippen molar-refractivity contribution >= 4 is 11.3 Å². The summed E-state index contributed by atoms with van der Waals surface area (Å²) in [6.07, 6.45) is 4.04. The molecule has 1 nitrogen and oxygen atoms in total. The Morgan fingerprint density at radius 3 is 2.76 bits per heavy atom. The summed E-state index contributed by atoms with van der Waals surface area (Å²) in [5.41, 5.74) is 3.47. The molecule has 17 heavy (non-hydrogen) atoms. The summed E-state index contributed by atoms with van der Waals surface area (Å²) in [5, 5.41) is 8.28. The molecule has 1 heterocycles. The van der Waals surface area contributed by atoms with Gasteiger partial charge in [0.15, 0.2) is 0 Å². The van der Waals surface area contributed by atoms with Crippen LogP contribution < -0.4 is 5.32 Å². The maximum Gasteiger partial charge on any atom is 0.0219 e. The van der Waals surface area contributed by atoms with Gasteiger partial charge in [0.1, 0.15) is 0 Å². The van der Waals surface area contributed by atoms with Gasteiger partial charge in [-0.3, -0.25) is 0 Å². The average Bonchev–Trinajstić information content (AvgIpc) is 2.62. The Kier molecular flexibility index (Phi) is 3.94. The smallest absolute Gasteiger partial charge is 0.0219 e. The summed E-state index contributed by atoms with van der Waals surface area (Å²) in [5.74, 6) is 0.803. The molecule has 0 bridgehead atoms. The predicted octanol–water partition coefficient (Wildman–Crippen LogP) is 4.36. The van der Waals surface area contributed by atoms with Crippen LogP contribution in [-0.2, 0) is 6.54 Å². The molecule has 2 unspecified atom stereocenters. The van der Waals surface area contributed by atoms with Crippen molar-refractivity contribution in [2.24, 2.45) is 11.3 Å². The molecule has 1 aromatic heterocycles. The molecule has 1 aromatic rings. The number of nitrogens with one attached hydrogen (secondary N) is 1. The van der Waals surface area contributed by atoms with Gasteiger partial charge in [0.2, 0.25) is 0 Å². The van der Waals surface area contributed by atoms with E-state index in [4.69, 9.17) is 0 Å². The van der Waals surface area contributed by atoms with Gasteiger partial charge in [0.05, 0.1) is 0 Å². The van der Waals surface area contributed by atoms with Crippen molar-refractivity contribution in [3.63, 3.8) is 0 Å². The SMILES string of the molecule is Cc1cscc1CNC1CCC(C)(C)CC1C. The van der Waals surface area contributed by atoms with Crippen LogP contribution in [0.1, 0.15) is 51.2 Å². The van der Waals surface area contributed by atoms with E-state index in [-0.39, 0.29) is 0 Å². The monoisotopic (exact) mass is 251 g/mol. The minimum Gasteiger partial charge on any atom is -0.310 e. The van der Waals surface area contributed by atoms with Crippen LogP contribution in [0.4, 0.5) is 0 Å². The lowest BCUT2D eigenvalue weighted by Gasteiger charge is -2.39. The van der Waals surface area contributed by atoms with Gasteiger partial charge >= 0.3 is 0 Å². The van der Waals surface area contributed by atoms with Crippen molar-refractivity contribution in [2.45, 2.75) is 59.5 Å². The van der Waals surface area contributed by atoms with Crippen LogP contribution in [0.5, 0.6) is 0 Å². The molecule has 0 spiro atoms. The number of hydrogen-bond acceptors (Lipinski definition) is 2. The fourth-order valence-electron chi connectivity index (χ4n) is 3.06. The third-order valence-corrected chi connectivity index (χ3v) is 5.12. The first-order valence-electron chi connectivity index (χ1n) is 6.73. The van der Waals surface area contributed by atoms with Crippen LogP contribution in [0.2, 0.25) is 0 Å². The van der Waals surface area contributed by atoms with Crippen LogP contribution in [0.25, 0.3) is 0 Å². The summed E-state index contributed by atoms with van der Waals surface area (Å²) in [7, 11) is 0. The lowest BCUT2D eigenvalue weighted by atomic mass is 9.70. The molecule has 0 radical (unpaired) electrons. The molecule has 1 saturated carbocycles. The molecule has 2 atom stereocenters. The quantitative estimate of drug-likeness (QED) is 0.841. The Morgan fingerprint density at radius 2 is 2.18 bits per heavy atom. The largest absolute Gasteiger partial charge is 0.310 e. The highest BCUT2D eigenvalue weighted by Gasteiger charge is 2.31. The van der Waals surface area contributed by atoms with E-state index < -0.39 is 0 Å². The predicted molar refractivity (Wildman–Crippen MR) is 76.5 cm³/mol. The first-order valence-corrected chi connectivity index (χ1v) is 7.67. The molecule has 2 rings (SSSR count). The first-order chi connectivity index (χ1) is 7.98. The topological polar surface area (TPSA) is 12.0 Å². The van der Waals surface area contributed by atoms with Crippen molar-refractivity contribution in [1.29, 1.82) is 0 Å². The highest BCUT2D eigenvalue weighted by molar-refractivity contribution is 7.08. The lowest BCUT2D eigenvalue weighted by Crippen LogP contribution is -2.41. The van der Waals surface area contributed by atoms with Gasteiger partial charge in [-0.2, -0.15) is 11.3 Å². The summed E-state index contributed by atoms with van der Waals surface area (Å²) in [6.45, 7) is 10.5. The van der Waals surface area contributed by atoms with Gasteiger partial charge in [0, 0.05) is 12.6 Å². The number of hydrogen-bond donors (Lipinski definition) is 1. The molecule has 0 amide bonds. The van der Waals surface area contributed by atoms with Gasteiger partial charge in [-0.1, -0.05) is 20.8 Å². The first kappa shape index (κ1) is 13.1. The molecule has 0 aliphatic heterocycles. The van der Waals surface area contributed by atoms with E-state index in [0.29, 0.717) is 11.5 Å². The Hall–Kier alpha value is -0.340. The standard InChI is InChI=1S/C15H25NS/c1-11-7-15(3,4)6-5-14(11)16-8-13-10-17-9-12(13)2/h9-11,14,16H,5-8H2,1-4H3. The van der Waals surface area contributed by atoms with Crippen LogP contribution in [0.3, 0.4) is 0 Å². The molecular weight excluding hydrogens is 226 g/mol. The van der Waals surface area contributed by atoms with Crippen LogP contribution in [-0.4, -0.2) is 6.04 Å². The van der Waals surface area contributed by atoms with Crippen molar-refractivity contribution in [1.82, 2.24) is 5.32 Å². The summed E-state index contributed by atoms with van der Waals surface area (Å²) in [4.78, 5) is 0. The normalized spacial score (nSPS) is 28.2. The third-order valence-electron chi connectivity index (χ3n) is 4.21. The van der Waals surface area contributed by atoms with Gasteiger partial charge in [-0.25, -0.2) is 0 Å². The molecule has 2 heteroatoms. The molecular formula is C15H25NS. The molecule has 1 aliphatic carbocycles. The van der Waals surface area contributed by atoms with E-state index >= 15 is 0 Å². The van der Waals surface area contributed by atoms with E-state index in [1.165, 1.54) is 30.4 Å². The van der Waals surface area contributed by atoms with Crippen LogP contribution in [0, 0.1) is 18.3 Å². The maximum absolute atomic E-state index is 3.76. The lowest BCUT2D eigenvalue weighted by molar-refractivity contribution is 0.148. The Bertz CT molecular complexity index is 367. The second-order valence-corrected chi connectivity index (χ2v) is 7.20. The number of aryl methyl sites for hydroxylation is 1. The average molecular weight is 251 g/mol. The molecule has 1 aliphatic rings. The third kappa shape index (κ3) is 3.32. The van der Waals surface area contributed by atoms with E-state index in [9.17, 15) is 0 Å². The second kappa shape index (κ2) is 5.11. The molecule has 96 valence electrons. The van der Waals surface area contributed by atoms with Crippen LogP contribution >= 0.6 is 11.3 Å². The van der Waals surface area contributed by atoms with E-state index in [0.717, 1.165) is 12.5 Å². The zero-order valence-corrected chi connectivity index (χ0v) is 12.4. The van der Waals surface area contributed by atoms with Gasteiger partial charge in [-0.15, -0.1) is 0 Å². The highest BCUT2D eigenvalue weighted by Crippen LogP contribution is 2.38. The highest BCUT2D eigenvalue weighted by atomic mass is 32.1. The Labute approximate surface area is 110 Å². The summed E-state index contributed by atoms with van der Waals surface area (Å²) in [6, 6.07) is 0.710. The van der Waals surface area contributed by atoms with Gasteiger partial charge in [0.25, 0.3) is 0 Å². The number of thiophene rings is 1. The zero-order valence-electron chi connectivity index (χ0n) is 11.5. The van der Waals surface area contributed by atoms with Crippen molar-refractivity contribution in [3.8, 4) is 0 Å². The Balaban J connectivity index is 1.86. The fraction of sp³-hybridized carbons (Fsp3) is 0.733.